The van der Waals surface area contributed by atoms with Gasteiger partial charge in [0, 0.05) is 12.1 Å². The fourth-order valence-electron chi connectivity index (χ4n) is 2.54. The molecule has 0 aliphatic heterocycles. The van der Waals surface area contributed by atoms with Crippen LogP contribution in [0.5, 0.6) is 5.75 Å². The second kappa shape index (κ2) is 8.40. The summed E-state index contributed by atoms with van der Waals surface area (Å²) in [6.45, 7) is 0. The fourth-order valence-corrected chi connectivity index (χ4v) is 2.54. The van der Waals surface area contributed by atoms with E-state index in [1.807, 2.05) is 0 Å². The normalized spacial score (nSPS) is 21.2. The maximum absolute atomic E-state index is 12.0. The topological polar surface area (TPSA) is 64.3 Å². The Hall–Kier alpha value is -1.47. The number of ether oxygens (including phenoxy) is 1. The monoisotopic (exact) mass is 352 g/mol. The molecule has 0 radical (unpaired) electrons. The summed E-state index contributed by atoms with van der Waals surface area (Å²) in [6.07, 6.45) is -1.05. The number of rotatable bonds is 4. The van der Waals surface area contributed by atoms with Crippen molar-refractivity contribution in [3.05, 3.63) is 29.8 Å². The number of hydrogen-bond acceptors (Lipinski definition) is 3. The third kappa shape index (κ3) is 7.09. The van der Waals surface area contributed by atoms with E-state index in [-0.39, 0.29) is 42.6 Å². The van der Waals surface area contributed by atoms with Crippen LogP contribution in [0.3, 0.4) is 0 Å². The van der Waals surface area contributed by atoms with Crippen LogP contribution in [0.1, 0.15) is 31.2 Å². The second-order valence-corrected chi connectivity index (χ2v) is 5.55. The molecule has 8 heteroatoms. The molecule has 1 aromatic carbocycles. The van der Waals surface area contributed by atoms with Crippen molar-refractivity contribution in [2.24, 2.45) is 5.73 Å². The van der Waals surface area contributed by atoms with E-state index in [2.05, 4.69) is 10.1 Å². The predicted octanol–water partition coefficient (Wildman–Crippen LogP) is 2.94. The van der Waals surface area contributed by atoms with E-state index >= 15 is 0 Å². The summed E-state index contributed by atoms with van der Waals surface area (Å²) in [5.74, 6) is -0.428. The lowest BCUT2D eigenvalue weighted by Crippen LogP contribution is -2.41. The van der Waals surface area contributed by atoms with Gasteiger partial charge in [0.15, 0.2) is 0 Å². The number of carbonyl (C=O) groups excluding carboxylic acids is 1. The highest BCUT2D eigenvalue weighted by atomic mass is 35.5. The van der Waals surface area contributed by atoms with Crippen molar-refractivity contribution < 1.29 is 22.7 Å². The largest absolute Gasteiger partial charge is 0.573 e. The lowest BCUT2D eigenvalue weighted by atomic mass is 9.91. The average Bonchev–Trinajstić information content (AvgIpc) is 2.42. The second-order valence-electron chi connectivity index (χ2n) is 5.55. The summed E-state index contributed by atoms with van der Waals surface area (Å²) in [5, 5.41) is 2.94. The van der Waals surface area contributed by atoms with Crippen molar-refractivity contribution in [2.45, 2.75) is 50.6 Å². The predicted molar refractivity (Wildman–Crippen MR) is 82.5 cm³/mol. The average molecular weight is 353 g/mol. The molecular formula is C15H20ClF3N2O2. The van der Waals surface area contributed by atoms with Crippen molar-refractivity contribution in [1.82, 2.24) is 5.32 Å². The van der Waals surface area contributed by atoms with Gasteiger partial charge in [-0.3, -0.25) is 4.79 Å². The summed E-state index contributed by atoms with van der Waals surface area (Å²) in [7, 11) is 0. The number of carbonyl (C=O) groups is 1. The Morgan fingerprint density at radius 1 is 1.17 bits per heavy atom. The van der Waals surface area contributed by atoms with Gasteiger partial charge in [0.05, 0.1) is 6.42 Å². The molecule has 3 N–H and O–H groups in total. The number of hydrogen-bond donors (Lipinski definition) is 2. The molecule has 1 aliphatic carbocycles. The first-order chi connectivity index (χ1) is 10.3. The minimum Gasteiger partial charge on any atom is -0.406 e. The van der Waals surface area contributed by atoms with Crippen LogP contribution in [-0.2, 0) is 11.2 Å². The van der Waals surface area contributed by atoms with Crippen molar-refractivity contribution in [3.8, 4) is 5.75 Å². The van der Waals surface area contributed by atoms with Crippen LogP contribution in [0.25, 0.3) is 0 Å². The van der Waals surface area contributed by atoms with Crippen LogP contribution in [0, 0.1) is 0 Å². The highest BCUT2D eigenvalue weighted by molar-refractivity contribution is 5.85. The van der Waals surface area contributed by atoms with E-state index in [1.54, 1.807) is 0 Å². The molecule has 23 heavy (non-hydrogen) atoms. The first kappa shape index (κ1) is 19.6. The van der Waals surface area contributed by atoms with Gasteiger partial charge in [-0.25, -0.2) is 0 Å². The molecule has 0 unspecified atom stereocenters. The highest BCUT2D eigenvalue weighted by Crippen LogP contribution is 2.23. The molecule has 4 nitrogen and oxygen atoms in total. The lowest BCUT2D eigenvalue weighted by molar-refractivity contribution is -0.274. The number of benzene rings is 1. The molecule has 0 heterocycles. The molecule has 0 spiro atoms. The van der Waals surface area contributed by atoms with Crippen molar-refractivity contribution >= 4 is 18.3 Å². The molecule has 1 fully saturated rings. The quantitative estimate of drug-likeness (QED) is 0.875. The molecule has 0 atom stereocenters. The number of amides is 1. The molecule has 130 valence electrons. The first-order valence-corrected chi connectivity index (χ1v) is 7.21. The zero-order valence-corrected chi connectivity index (χ0v) is 13.3. The molecular weight excluding hydrogens is 333 g/mol. The van der Waals surface area contributed by atoms with E-state index in [4.69, 9.17) is 5.73 Å². The van der Waals surface area contributed by atoms with Gasteiger partial charge in [0.1, 0.15) is 5.75 Å². The van der Waals surface area contributed by atoms with E-state index in [9.17, 15) is 18.0 Å². The highest BCUT2D eigenvalue weighted by Gasteiger charge is 2.31. The van der Waals surface area contributed by atoms with Gasteiger partial charge in [-0.05, 0) is 43.4 Å². The standard InChI is InChI=1S/C15H19F3N2O2.ClH/c16-15(17,18)22-13-7-1-10(2-8-13)9-14(21)20-12-5-3-11(19)4-6-12;/h1-2,7-8,11-12H,3-6,9,19H2,(H,20,21);1H. The zero-order chi connectivity index (χ0) is 16.2. The summed E-state index contributed by atoms with van der Waals surface area (Å²) >= 11 is 0. The molecule has 1 amide bonds. The van der Waals surface area contributed by atoms with Gasteiger partial charge in [-0.2, -0.15) is 0 Å². The van der Waals surface area contributed by atoms with Gasteiger partial charge in [0.25, 0.3) is 0 Å². The molecule has 1 saturated carbocycles. The van der Waals surface area contributed by atoms with Crippen molar-refractivity contribution in [1.29, 1.82) is 0 Å². The maximum atomic E-state index is 12.0. The molecule has 1 aliphatic rings. The van der Waals surface area contributed by atoms with Crippen molar-refractivity contribution in [3.63, 3.8) is 0 Å². The molecule has 0 aromatic heterocycles. The minimum absolute atomic E-state index is 0. The Balaban J connectivity index is 0.00000264. The summed E-state index contributed by atoms with van der Waals surface area (Å²) in [6, 6.07) is 5.68. The molecule has 0 saturated heterocycles. The zero-order valence-electron chi connectivity index (χ0n) is 12.4. The maximum Gasteiger partial charge on any atom is 0.573 e. The number of nitrogens with one attached hydrogen (secondary N) is 1. The number of halogens is 4. The van der Waals surface area contributed by atoms with E-state index in [1.165, 1.54) is 24.3 Å². The Labute approximate surface area is 139 Å². The summed E-state index contributed by atoms with van der Waals surface area (Å²) < 4.78 is 39.9. The Kier molecular flexibility index (Phi) is 7.15. The molecule has 1 aromatic rings. The SMILES string of the molecule is Cl.NC1CCC(NC(=O)Cc2ccc(OC(F)(F)F)cc2)CC1. The van der Waals surface area contributed by atoms with Crippen molar-refractivity contribution in [2.75, 3.05) is 0 Å². The number of alkyl halides is 3. The molecule has 2 rings (SSSR count). The van der Waals surface area contributed by atoms with E-state index in [0.29, 0.717) is 5.56 Å². The smallest absolute Gasteiger partial charge is 0.406 e. The van der Waals surface area contributed by atoms with Crippen LogP contribution in [0.2, 0.25) is 0 Å². The van der Waals surface area contributed by atoms with Gasteiger partial charge in [-0.15, -0.1) is 25.6 Å². The Morgan fingerprint density at radius 2 is 1.74 bits per heavy atom. The lowest BCUT2D eigenvalue weighted by Gasteiger charge is -2.26. The van der Waals surface area contributed by atoms with Crippen LogP contribution >= 0.6 is 12.4 Å². The number of nitrogens with two attached hydrogens (primary N) is 1. The summed E-state index contributed by atoms with van der Waals surface area (Å²) in [5.41, 5.74) is 6.44. The van der Waals surface area contributed by atoms with Crippen LogP contribution in [0.15, 0.2) is 24.3 Å². The molecule has 0 bridgehead atoms. The Morgan fingerprint density at radius 3 is 2.26 bits per heavy atom. The third-order valence-corrected chi connectivity index (χ3v) is 3.66. The third-order valence-electron chi connectivity index (χ3n) is 3.66. The van der Waals surface area contributed by atoms with Gasteiger partial charge < -0.3 is 15.8 Å². The summed E-state index contributed by atoms with van der Waals surface area (Å²) in [4.78, 5) is 11.9. The van der Waals surface area contributed by atoms with E-state index in [0.717, 1.165) is 25.7 Å². The minimum atomic E-state index is -4.71. The van der Waals surface area contributed by atoms with Crippen LogP contribution < -0.4 is 15.8 Å². The van der Waals surface area contributed by atoms with Gasteiger partial charge >= 0.3 is 6.36 Å². The fraction of sp³-hybridized carbons (Fsp3) is 0.533. The van der Waals surface area contributed by atoms with Gasteiger partial charge in [0.2, 0.25) is 5.91 Å². The Bertz CT molecular complexity index is 500. The van der Waals surface area contributed by atoms with Crippen LogP contribution in [0.4, 0.5) is 13.2 Å². The first-order valence-electron chi connectivity index (χ1n) is 7.21. The van der Waals surface area contributed by atoms with Gasteiger partial charge in [-0.1, -0.05) is 12.1 Å². The van der Waals surface area contributed by atoms with Crippen LogP contribution in [-0.4, -0.2) is 24.4 Å². The van der Waals surface area contributed by atoms with E-state index < -0.39 is 6.36 Å².